The molecular formula is C20H27N3O4S. The van der Waals surface area contributed by atoms with Crippen molar-refractivity contribution < 1.29 is 19.0 Å². The molecule has 3 rings (SSSR count). The molecule has 0 unspecified atom stereocenters. The van der Waals surface area contributed by atoms with Gasteiger partial charge in [-0.3, -0.25) is 9.36 Å². The first-order valence-electron chi connectivity index (χ1n) is 9.46. The number of aromatic nitrogens is 3. The number of carbonyl (C=O) groups excluding carboxylic acids is 1. The number of hydrogen-bond donors (Lipinski definition) is 0. The average Bonchev–Trinajstić information content (AvgIpc) is 3.15. The zero-order chi connectivity index (χ0) is 20.1. The van der Waals surface area contributed by atoms with Gasteiger partial charge in [0.2, 0.25) is 5.75 Å². The molecule has 1 saturated carbocycles. The Morgan fingerprint density at radius 1 is 1.07 bits per heavy atom. The van der Waals surface area contributed by atoms with Crippen LogP contribution in [-0.2, 0) is 4.79 Å². The molecule has 0 N–H and O–H groups in total. The monoisotopic (exact) mass is 405 g/mol. The highest BCUT2D eigenvalue weighted by molar-refractivity contribution is 7.99. The Bertz CT molecular complexity index is 806. The minimum absolute atomic E-state index is 0.123. The molecule has 7 nitrogen and oxygen atoms in total. The van der Waals surface area contributed by atoms with E-state index in [1.807, 2.05) is 12.1 Å². The fraction of sp³-hybridized carbons (Fsp3) is 0.550. The predicted molar refractivity (Wildman–Crippen MR) is 109 cm³/mol. The molecule has 0 spiro atoms. The number of thioether (sulfide) groups is 1. The lowest BCUT2D eigenvalue weighted by molar-refractivity contribution is -0.114. The summed E-state index contributed by atoms with van der Waals surface area (Å²) in [5.74, 6) is 2.97. The third-order valence-electron chi connectivity index (χ3n) is 4.93. The summed E-state index contributed by atoms with van der Waals surface area (Å²) in [5, 5.41) is 9.66. The molecular weight excluding hydrogens is 378 g/mol. The van der Waals surface area contributed by atoms with E-state index in [1.54, 1.807) is 28.3 Å². The standard InChI is InChI=1S/C20H27N3O4S/c1-13(24)12-28-20-22-21-19(23(20)15-8-6-5-7-9-15)14-10-16(25-2)18(27-4)17(11-14)26-3/h10-11,15H,5-9,12H2,1-4H3. The first-order valence-corrected chi connectivity index (χ1v) is 10.4. The van der Waals surface area contributed by atoms with Crippen molar-refractivity contribution in [1.82, 2.24) is 14.8 Å². The topological polar surface area (TPSA) is 75.5 Å². The lowest BCUT2D eigenvalue weighted by Crippen LogP contribution is -2.15. The van der Waals surface area contributed by atoms with Gasteiger partial charge in [0.15, 0.2) is 22.5 Å². The van der Waals surface area contributed by atoms with E-state index in [-0.39, 0.29) is 5.78 Å². The molecule has 0 aliphatic heterocycles. The van der Waals surface area contributed by atoms with Crippen molar-refractivity contribution in [3.8, 4) is 28.6 Å². The van der Waals surface area contributed by atoms with Crippen LogP contribution < -0.4 is 14.2 Å². The van der Waals surface area contributed by atoms with E-state index in [9.17, 15) is 4.79 Å². The van der Waals surface area contributed by atoms with Crippen LogP contribution >= 0.6 is 11.8 Å². The van der Waals surface area contributed by atoms with Gasteiger partial charge < -0.3 is 14.2 Å². The molecule has 0 amide bonds. The minimum Gasteiger partial charge on any atom is -0.493 e. The van der Waals surface area contributed by atoms with Gasteiger partial charge in [-0.15, -0.1) is 10.2 Å². The Labute approximate surface area is 169 Å². The van der Waals surface area contributed by atoms with Crippen molar-refractivity contribution in [2.45, 2.75) is 50.2 Å². The third kappa shape index (κ3) is 4.27. The second-order valence-electron chi connectivity index (χ2n) is 6.87. The first-order chi connectivity index (χ1) is 13.6. The maximum atomic E-state index is 11.5. The molecule has 1 aliphatic carbocycles. The van der Waals surface area contributed by atoms with E-state index in [2.05, 4.69) is 14.8 Å². The van der Waals surface area contributed by atoms with Crippen LogP contribution in [-0.4, -0.2) is 47.6 Å². The number of nitrogens with zero attached hydrogens (tertiary/aromatic N) is 3. The van der Waals surface area contributed by atoms with Crippen LogP contribution in [0.1, 0.15) is 45.1 Å². The van der Waals surface area contributed by atoms with Crippen molar-refractivity contribution in [2.75, 3.05) is 27.1 Å². The van der Waals surface area contributed by atoms with Gasteiger partial charge >= 0.3 is 0 Å². The number of ether oxygens (including phenoxy) is 3. The quantitative estimate of drug-likeness (QED) is 0.611. The molecule has 152 valence electrons. The lowest BCUT2D eigenvalue weighted by atomic mass is 9.95. The number of rotatable bonds is 8. The SMILES string of the molecule is COc1cc(-c2nnc(SCC(C)=O)n2C2CCCCC2)cc(OC)c1OC. The smallest absolute Gasteiger partial charge is 0.203 e. The number of benzene rings is 1. The summed E-state index contributed by atoms with van der Waals surface area (Å²) in [6.07, 6.45) is 5.81. The second-order valence-corrected chi connectivity index (χ2v) is 7.82. The van der Waals surface area contributed by atoms with Crippen molar-refractivity contribution in [3.05, 3.63) is 12.1 Å². The maximum absolute atomic E-state index is 11.5. The zero-order valence-electron chi connectivity index (χ0n) is 16.9. The van der Waals surface area contributed by atoms with Crippen LogP contribution in [0.4, 0.5) is 0 Å². The molecule has 1 heterocycles. The van der Waals surface area contributed by atoms with Gasteiger partial charge in [0, 0.05) is 11.6 Å². The minimum atomic E-state index is 0.123. The van der Waals surface area contributed by atoms with E-state index in [1.165, 1.54) is 31.0 Å². The molecule has 0 bridgehead atoms. The molecule has 8 heteroatoms. The van der Waals surface area contributed by atoms with E-state index < -0.39 is 0 Å². The number of hydrogen-bond acceptors (Lipinski definition) is 7. The van der Waals surface area contributed by atoms with Crippen LogP contribution in [0, 0.1) is 0 Å². The van der Waals surface area contributed by atoms with Crippen molar-refractivity contribution in [3.63, 3.8) is 0 Å². The van der Waals surface area contributed by atoms with Gasteiger partial charge in [-0.2, -0.15) is 0 Å². The predicted octanol–water partition coefficient (Wildman–Crippen LogP) is 4.16. The lowest BCUT2D eigenvalue weighted by Gasteiger charge is -2.26. The third-order valence-corrected chi connectivity index (χ3v) is 6.02. The molecule has 1 aliphatic rings. The van der Waals surface area contributed by atoms with Crippen LogP contribution in [0.25, 0.3) is 11.4 Å². The Morgan fingerprint density at radius 2 is 1.71 bits per heavy atom. The highest BCUT2D eigenvalue weighted by Crippen LogP contribution is 2.42. The zero-order valence-corrected chi connectivity index (χ0v) is 17.7. The van der Waals surface area contributed by atoms with Crippen molar-refractivity contribution in [1.29, 1.82) is 0 Å². The van der Waals surface area contributed by atoms with Gasteiger partial charge in [0.25, 0.3) is 0 Å². The summed E-state index contributed by atoms with van der Waals surface area (Å²) in [6.45, 7) is 1.59. The summed E-state index contributed by atoms with van der Waals surface area (Å²) < 4.78 is 18.6. The van der Waals surface area contributed by atoms with Crippen LogP contribution in [0.2, 0.25) is 0 Å². The number of carbonyl (C=O) groups is 1. The van der Waals surface area contributed by atoms with Crippen LogP contribution in [0.15, 0.2) is 17.3 Å². The van der Waals surface area contributed by atoms with Gasteiger partial charge in [-0.1, -0.05) is 31.0 Å². The average molecular weight is 406 g/mol. The summed E-state index contributed by atoms with van der Waals surface area (Å²) in [6, 6.07) is 4.11. The maximum Gasteiger partial charge on any atom is 0.203 e. The summed E-state index contributed by atoms with van der Waals surface area (Å²) in [5.41, 5.74) is 0.849. The fourth-order valence-electron chi connectivity index (χ4n) is 3.62. The number of methoxy groups -OCH3 is 3. The van der Waals surface area contributed by atoms with E-state index in [0.29, 0.717) is 29.0 Å². The first kappa shape index (κ1) is 20.5. The molecule has 0 saturated heterocycles. The Hall–Kier alpha value is -2.22. The molecule has 0 atom stereocenters. The Morgan fingerprint density at radius 3 is 2.25 bits per heavy atom. The molecule has 1 fully saturated rings. The van der Waals surface area contributed by atoms with Crippen LogP contribution in [0.3, 0.4) is 0 Å². The van der Waals surface area contributed by atoms with Crippen LogP contribution in [0.5, 0.6) is 17.2 Å². The fourth-order valence-corrected chi connectivity index (χ4v) is 4.42. The molecule has 0 radical (unpaired) electrons. The van der Waals surface area contributed by atoms with Crippen molar-refractivity contribution >= 4 is 17.5 Å². The Kier molecular flexibility index (Phi) is 6.83. The summed E-state index contributed by atoms with van der Waals surface area (Å²) in [4.78, 5) is 11.5. The van der Waals surface area contributed by atoms with E-state index in [4.69, 9.17) is 14.2 Å². The molecule has 1 aromatic heterocycles. The molecule has 28 heavy (non-hydrogen) atoms. The summed E-state index contributed by atoms with van der Waals surface area (Å²) >= 11 is 1.44. The molecule has 1 aromatic carbocycles. The number of Topliss-reactive ketones (excluding diaryl/α,β-unsaturated/α-hetero) is 1. The van der Waals surface area contributed by atoms with E-state index >= 15 is 0 Å². The van der Waals surface area contributed by atoms with Gasteiger partial charge in [0.1, 0.15) is 5.78 Å². The Balaban J connectivity index is 2.09. The molecule has 2 aromatic rings. The largest absolute Gasteiger partial charge is 0.493 e. The summed E-state index contributed by atoms with van der Waals surface area (Å²) in [7, 11) is 4.78. The highest BCUT2D eigenvalue weighted by Gasteiger charge is 2.25. The van der Waals surface area contributed by atoms with Gasteiger partial charge in [-0.25, -0.2) is 0 Å². The number of ketones is 1. The van der Waals surface area contributed by atoms with E-state index in [0.717, 1.165) is 29.4 Å². The second kappa shape index (κ2) is 9.32. The van der Waals surface area contributed by atoms with Gasteiger partial charge in [0.05, 0.1) is 27.1 Å². The normalized spacial score (nSPS) is 14.7. The highest BCUT2D eigenvalue weighted by atomic mass is 32.2. The van der Waals surface area contributed by atoms with Crippen molar-refractivity contribution in [2.24, 2.45) is 0 Å². The van der Waals surface area contributed by atoms with Gasteiger partial charge in [-0.05, 0) is 31.9 Å².